The van der Waals surface area contributed by atoms with Crippen LogP contribution in [-0.4, -0.2) is 68.8 Å². The summed E-state index contributed by atoms with van der Waals surface area (Å²) in [6.45, 7) is 6.33. The largest absolute Gasteiger partial charge is 0.390 e. The molecular weight excluding hydrogens is 435 g/mol. The van der Waals surface area contributed by atoms with E-state index in [2.05, 4.69) is 38.7 Å². The SMILES string of the molecule is Cc1nc2ccc(-c3nc(N[C@@H]4CCN(S(C)(=O)=O)C[C@H]4O)ncc3F)cc2n1C(C)C. The van der Waals surface area contributed by atoms with E-state index in [-0.39, 0.29) is 30.8 Å². The third-order valence-electron chi connectivity index (χ3n) is 5.73. The van der Waals surface area contributed by atoms with Crippen LogP contribution < -0.4 is 5.32 Å². The van der Waals surface area contributed by atoms with Crippen molar-refractivity contribution in [1.29, 1.82) is 0 Å². The fraction of sp³-hybridized carbons (Fsp3) is 0.476. The summed E-state index contributed by atoms with van der Waals surface area (Å²) in [6.07, 6.45) is 1.66. The molecule has 0 radical (unpaired) electrons. The first-order chi connectivity index (χ1) is 15.0. The van der Waals surface area contributed by atoms with E-state index in [0.717, 1.165) is 29.3 Å². The van der Waals surface area contributed by atoms with Crippen LogP contribution in [-0.2, 0) is 10.0 Å². The molecule has 0 aliphatic carbocycles. The smallest absolute Gasteiger partial charge is 0.223 e. The highest BCUT2D eigenvalue weighted by Crippen LogP contribution is 2.28. The Kier molecular flexibility index (Phi) is 5.91. The number of hydrogen-bond donors (Lipinski definition) is 2. The van der Waals surface area contributed by atoms with E-state index >= 15 is 0 Å². The lowest BCUT2D eigenvalue weighted by atomic mass is 10.0. The number of sulfonamides is 1. The van der Waals surface area contributed by atoms with Crippen molar-refractivity contribution in [1.82, 2.24) is 23.8 Å². The molecule has 0 unspecified atom stereocenters. The van der Waals surface area contributed by atoms with E-state index < -0.39 is 28.0 Å². The number of aliphatic hydroxyl groups is 1. The molecule has 0 amide bonds. The number of fused-ring (bicyclic) bond motifs is 1. The number of aromatic nitrogens is 4. The molecule has 0 spiro atoms. The zero-order chi connectivity index (χ0) is 23.2. The van der Waals surface area contributed by atoms with Crippen molar-refractivity contribution in [2.24, 2.45) is 0 Å². The van der Waals surface area contributed by atoms with Gasteiger partial charge in [0.05, 0.1) is 35.6 Å². The van der Waals surface area contributed by atoms with Crippen LogP contribution in [0.25, 0.3) is 22.3 Å². The number of benzene rings is 1. The summed E-state index contributed by atoms with van der Waals surface area (Å²) in [5.41, 5.74) is 2.45. The lowest BCUT2D eigenvalue weighted by Crippen LogP contribution is -2.51. The Morgan fingerprint density at radius 1 is 1.28 bits per heavy atom. The monoisotopic (exact) mass is 462 g/mol. The molecule has 2 N–H and O–H groups in total. The lowest BCUT2D eigenvalue weighted by Gasteiger charge is -2.34. The van der Waals surface area contributed by atoms with Crippen molar-refractivity contribution >= 4 is 27.0 Å². The van der Waals surface area contributed by atoms with Crippen molar-refractivity contribution in [3.8, 4) is 11.3 Å². The fourth-order valence-corrected chi connectivity index (χ4v) is 5.05. The number of aliphatic hydroxyl groups excluding tert-OH is 1. The summed E-state index contributed by atoms with van der Waals surface area (Å²) in [7, 11) is -3.37. The molecule has 172 valence electrons. The number of hydrogen-bond acceptors (Lipinski definition) is 7. The van der Waals surface area contributed by atoms with E-state index in [1.54, 1.807) is 6.07 Å². The standard InChI is InChI=1S/C21H27FN6O3S/c1-12(2)28-13(3)24-16-6-5-14(9-18(16)28)20-15(22)10-23-21(26-20)25-17-7-8-27(11-19(17)29)32(4,30)31/h5-6,9-10,12,17,19,29H,7-8,11H2,1-4H3,(H,23,25,26)/t17-,19-/m1/s1. The molecule has 1 aliphatic heterocycles. The van der Waals surface area contributed by atoms with Gasteiger partial charge in [0.2, 0.25) is 16.0 Å². The molecule has 2 aromatic heterocycles. The van der Waals surface area contributed by atoms with Crippen LogP contribution in [0.4, 0.5) is 10.3 Å². The highest BCUT2D eigenvalue weighted by Gasteiger charge is 2.32. The number of imidazole rings is 1. The number of nitrogens with zero attached hydrogens (tertiary/aromatic N) is 5. The van der Waals surface area contributed by atoms with Gasteiger partial charge in [0.15, 0.2) is 5.82 Å². The van der Waals surface area contributed by atoms with Gasteiger partial charge in [0, 0.05) is 24.7 Å². The van der Waals surface area contributed by atoms with Crippen LogP contribution >= 0.6 is 0 Å². The first-order valence-corrected chi connectivity index (χ1v) is 12.3. The van der Waals surface area contributed by atoms with Crippen LogP contribution in [0, 0.1) is 12.7 Å². The number of β-amino-alcohol motifs (C(OH)–C–C–N with tert-alkyl or cyclic N) is 1. The molecule has 3 aromatic rings. The van der Waals surface area contributed by atoms with Gasteiger partial charge in [-0.2, -0.15) is 4.31 Å². The van der Waals surface area contributed by atoms with Crippen molar-refractivity contribution in [2.45, 2.75) is 45.4 Å². The van der Waals surface area contributed by atoms with Crippen molar-refractivity contribution < 1.29 is 17.9 Å². The van der Waals surface area contributed by atoms with E-state index in [1.807, 2.05) is 19.1 Å². The minimum absolute atomic E-state index is 0.0141. The quantitative estimate of drug-likeness (QED) is 0.598. The minimum Gasteiger partial charge on any atom is -0.390 e. The van der Waals surface area contributed by atoms with Gasteiger partial charge in [0.25, 0.3) is 0 Å². The maximum absolute atomic E-state index is 14.7. The van der Waals surface area contributed by atoms with Crippen LogP contribution in [0.15, 0.2) is 24.4 Å². The van der Waals surface area contributed by atoms with Crippen molar-refractivity contribution in [3.05, 3.63) is 36.0 Å². The normalized spacial score (nSPS) is 20.2. The van der Waals surface area contributed by atoms with Gasteiger partial charge >= 0.3 is 0 Å². The molecule has 1 saturated heterocycles. The summed E-state index contributed by atoms with van der Waals surface area (Å²) >= 11 is 0. The second-order valence-corrected chi connectivity index (χ2v) is 10.4. The highest BCUT2D eigenvalue weighted by atomic mass is 32.2. The van der Waals surface area contributed by atoms with E-state index in [0.29, 0.717) is 12.0 Å². The maximum Gasteiger partial charge on any atom is 0.223 e. The predicted octanol–water partition coefficient (Wildman–Crippen LogP) is 2.33. The first kappa shape index (κ1) is 22.6. The van der Waals surface area contributed by atoms with Crippen molar-refractivity contribution in [2.75, 3.05) is 24.7 Å². The average molecular weight is 463 g/mol. The molecule has 0 saturated carbocycles. The highest BCUT2D eigenvalue weighted by molar-refractivity contribution is 7.88. The summed E-state index contributed by atoms with van der Waals surface area (Å²) < 4.78 is 41.4. The Labute approximate surface area is 186 Å². The van der Waals surface area contributed by atoms with Gasteiger partial charge in [-0.05, 0) is 39.3 Å². The van der Waals surface area contributed by atoms with Gasteiger partial charge < -0.3 is 15.0 Å². The van der Waals surface area contributed by atoms with Crippen LogP contribution in [0.1, 0.15) is 32.1 Å². The molecule has 4 rings (SSSR count). The maximum atomic E-state index is 14.7. The topological polar surface area (TPSA) is 113 Å². The van der Waals surface area contributed by atoms with Gasteiger partial charge in [-0.15, -0.1) is 0 Å². The minimum atomic E-state index is -3.37. The summed E-state index contributed by atoms with van der Waals surface area (Å²) in [5.74, 6) is 0.494. The molecule has 32 heavy (non-hydrogen) atoms. The molecule has 1 aromatic carbocycles. The summed E-state index contributed by atoms with van der Waals surface area (Å²) in [4.78, 5) is 12.9. The fourth-order valence-electron chi connectivity index (χ4n) is 4.19. The molecule has 3 heterocycles. The average Bonchev–Trinajstić information content (AvgIpc) is 3.05. The molecular formula is C21H27FN6O3S. The summed E-state index contributed by atoms with van der Waals surface area (Å²) in [6, 6.07) is 5.23. The first-order valence-electron chi connectivity index (χ1n) is 10.5. The number of piperidine rings is 1. The van der Waals surface area contributed by atoms with Gasteiger partial charge in [-0.25, -0.2) is 27.8 Å². The van der Waals surface area contributed by atoms with Crippen molar-refractivity contribution in [3.63, 3.8) is 0 Å². The van der Waals surface area contributed by atoms with Gasteiger partial charge in [0.1, 0.15) is 11.5 Å². The Bertz CT molecular complexity index is 1260. The zero-order valence-corrected chi connectivity index (χ0v) is 19.3. The van der Waals surface area contributed by atoms with E-state index in [1.165, 1.54) is 4.31 Å². The molecule has 1 aliphatic rings. The van der Waals surface area contributed by atoms with Gasteiger partial charge in [-0.1, -0.05) is 6.07 Å². The van der Waals surface area contributed by atoms with E-state index in [9.17, 15) is 17.9 Å². The Balaban J connectivity index is 1.62. The zero-order valence-electron chi connectivity index (χ0n) is 18.4. The summed E-state index contributed by atoms with van der Waals surface area (Å²) in [5, 5.41) is 13.4. The third kappa shape index (κ3) is 4.32. The number of halogens is 1. The Hall–Kier alpha value is -2.63. The Morgan fingerprint density at radius 2 is 2.03 bits per heavy atom. The van der Waals surface area contributed by atoms with E-state index in [4.69, 9.17) is 0 Å². The molecule has 9 nitrogen and oxygen atoms in total. The number of aryl methyl sites for hydroxylation is 1. The van der Waals surface area contributed by atoms with Crippen LogP contribution in [0.3, 0.4) is 0 Å². The second kappa shape index (κ2) is 8.38. The predicted molar refractivity (Wildman–Crippen MR) is 120 cm³/mol. The molecule has 1 fully saturated rings. The molecule has 11 heteroatoms. The van der Waals surface area contributed by atoms with Gasteiger partial charge in [-0.3, -0.25) is 0 Å². The molecule has 2 atom stereocenters. The molecule has 0 bridgehead atoms. The lowest BCUT2D eigenvalue weighted by molar-refractivity contribution is 0.0950. The Morgan fingerprint density at radius 3 is 2.69 bits per heavy atom. The number of anilines is 1. The van der Waals surface area contributed by atoms with Crippen LogP contribution in [0.2, 0.25) is 0 Å². The second-order valence-electron chi connectivity index (χ2n) is 8.44. The number of rotatable bonds is 5. The third-order valence-corrected chi connectivity index (χ3v) is 7.00. The van der Waals surface area contributed by atoms with Crippen LogP contribution in [0.5, 0.6) is 0 Å². The number of nitrogens with one attached hydrogen (secondary N) is 1.